The van der Waals surface area contributed by atoms with Crippen LogP contribution in [0.25, 0.3) is 4.85 Å². The van der Waals surface area contributed by atoms with E-state index in [9.17, 15) is 0 Å². The van der Waals surface area contributed by atoms with Crippen molar-refractivity contribution in [1.29, 1.82) is 0 Å². The molecule has 0 N–H and O–H groups in total. The minimum absolute atomic E-state index is 0. The quantitative estimate of drug-likeness (QED) is 0.676. The Kier molecular flexibility index (Phi) is 3.90. The molecular weight excluding hydrogens is 288 g/mol. The molecule has 0 aliphatic carbocycles. The molecule has 9 heavy (non-hydrogen) atoms. The summed E-state index contributed by atoms with van der Waals surface area (Å²) in [4.78, 5) is 6.73. The first-order valence-electron chi connectivity index (χ1n) is 2.06. The van der Waals surface area contributed by atoms with E-state index >= 15 is 0 Å². The second-order valence-electron chi connectivity index (χ2n) is 1.19. The van der Waals surface area contributed by atoms with Crippen LogP contribution in [0.2, 0.25) is 0 Å². The third-order valence-electron chi connectivity index (χ3n) is 0.652. The van der Waals surface area contributed by atoms with Gasteiger partial charge in [0.2, 0.25) is 6.54 Å². The van der Waals surface area contributed by atoms with Crippen molar-refractivity contribution in [2.45, 2.75) is 6.54 Å². The van der Waals surface area contributed by atoms with Crippen molar-refractivity contribution in [2.24, 2.45) is 0 Å². The van der Waals surface area contributed by atoms with Gasteiger partial charge in [-0.05, 0) is 0 Å². The van der Waals surface area contributed by atoms with Crippen LogP contribution in [0.15, 0.2) is 6.33 Å². The Hall–Kier alpha value is -0.682. The number of aromatic nitrogens is 3. The van der Waals surface area contributed by atoms with E-state index in [2.05, 4.69) is 20.0 Å². The Morgan fingerprint density at radius 1 is 1.78 bits per heavy atom. The number of nitrogens with zero attached hydrogens (tertiary/aromatic N) is 4. The van der Waals surface area contributed by atoms with E-state index in [1.165, 1.54) is 6.33 Å². The SMILES string of the molecule is [C-]#[N+]Cc1ncn[n-]1.[W]. The molecule has 4 nitrogen and oxygen atoms in total. The molecule has 0 spiro atoms. The number of rotatable bonds is 1. The van der Waals surface area contributed by atoms with E-state index in [0.29, 0.717) is 5.82 Å². The normalized spacial score (nSPS) is 7.44. The fraction of sp³-hybridized carbons (Fsp3) is 0.250. The molecule has 0 saturated carbocycles. The zero-order valence-electron chi connectivity index (χ0n) is 4.48. The first-order valence-corrected chi connectivity index (χ1v) is 2.06. The summed E-state index contributed by atoms with van der Waals surface area (Å²) in [6, 6.07) is 0. The monoisotopic (exact) mass is 291 g/mol. The minimum atomic E-state index is 0. The van der Waals surface area contributed by atoms with Crippen molar-refractivity contribution in [3.8, 4) is 0 Å². The predicted octanol–water partition coefficient (Wildman–Crippen LogP) is -0.149. The van der Waals surface area contributed by atoms with Crippen molar-refractivity contribution in [2.75, 3.05) is 0 Å². The Morgan fingerprint density at radius 2 is 2.56 bits per heavy atom. The van der Waals surface area contributed by atoms with Crippen molar-refractivity contribution in [3.05, 3.63) is 23.6 Å². The van der Waals surface area contributed by atoms with E-state index in [4.69, 9.17) is 6.57 Å². The van der Waals surface area contributed by atoms with Crippen LogP contribution in [0, 0.1) is 6.57 Å². The first kappa shape index (κ1) is 8.32. The van der Waals surface area contributed by atoms with Crippen LogP contribution in [0.1, 0.15) is 5.82 Å². The summed E-state index contributed by atoms with van der Waals surface area (Å²) in [6.07, 6.45) is 1.33. The second-order valence-corrected chi connectivity index (χ2v) is 1.19. The van der Waals surface area contributed by atoms with Gasteiger partial charge in [-0.1, -0.05) is 0 Å². The van der Waals surface area contributed by atoms with Crippen molar-refractivity contribution >= 4 is 0 Å². The molecule has 1 aromatic heterocycles. The first-order chi connectivity index (χ1) is 3.93. The molecule has 5 heteroatoms. The Labute approximate surface area is 66.8 Å². The van der Waals surface area contributed by atoms with Gasteiger partial charge in [-0.2, -0.15) is 0 Å². The van der Waals surface area contributed by atoms with Gasteiger partial charge in [0.25, 0.3) is 0 Å². The van der Waals surface area contributed by atoms with Gasteiger partial charge >= 0.3 is 0 Å². The fourth-order valence-electron chi connectivity index (χ4n) is 0.354. The summed E-state index contributed by atoms with van der Waals surface area (Å²) in [5, 5.41) is 6.97. The van der Waals surface area contributed by atoms with Crippen molar-refractivity contribution in [3.63, 3.8) is 0 Å². The molecule has 0 unspecified atom stereocenters. The maximum absolute atomic E-state index is 6.40. The smallest absolute Gasteiger partial charge is 0.233 e. The molecular formula is C4H3N4W-. The average molecular weight is 291 g/mol. The largest absolute Gasteiger partial charge is 0.423 e. The van der Waals surface area contributed by atoms with E-state index in [1.54, 1.807) is 0 Å². The molecule has 0 bridgehead atoms. The molecule has 0 aliphatic rings. The van der Waals surface area contributed by atoms with Gasteiger partial charge < -0.3 is 14.9 Å². The Bertz CT molecular complexity index is 187. The molecule has 0 aliphatic heterocycles. The van der Waals surface area contributed by atoms with Gasteiger partial charge in [0.1, 0.15) is 0 Å². The zero-order chi connectivity index (χ0) is 5.82. The van der Waals surface area contributed by atoms with Crippen LogP contribution in [-0.4, -0.2) is 10.1 Å². The van der Waals surface area contributed by atoms with E-state index in [0.717, 1.165) is 0 Å². The van der Waals surface area contributed by atoms with Gasteiger partial charge in [-0.25, -0.2) is 6.57 Å². The Balaban J connectivity index is 0.000000640. The molecule has 46 valence electrons. The van der Waals surface area contributed by atoms with E-state index < -0.39 is 0 Å². The summed E-state index contributed by atoms with van der Waals surface area (Å²) in [6.45, 7) is 6.63. The maximum atomic E-state index is 6.40. The predicted molar refractivity (Wildman–Crippen MR) is 25.7 cm³/mol. The molecule has 1 aromatic rings. The molecule has 0 aromatic carbocycles. The van der Waals surface area contributed by atoms with Gasteiger partial charge in [0.15, 0.2) is 0 Å². The summed E-state index contributed by atoms with van der Waals surface area (Å²) < 4.78 is 0. The van der Waals surface area contributed by atoms with Crippen molar-refractivity contribution < 1.29 is 21.1 Å². The topological polar surface area (TPSA) is 44.2 Å². The zero-order valence-corrected chi connectivity index (χ0v) is 7.41. The summed E-state index contributed by atoms with van der Waals surface area (Å²) in [5.74, 6) is 0.500. The minimum Gasteiger partial charge on any atom is -0.423 e. The second kappa shape index (κ2) is 4.22. The van der Waals surface area contributed by atoms with Gasteiger partial charge in [0.05, 0.1) is 0 Å². The number of hydrogen-bond donors (Lipinski definition) is 0. The number of hydrogen-bond acceptors (Lipinski definition) is 2. The summed E-state index contributed by atoms with van der Waals surface area (Å²) in [7, 11) is 0. The van der Waals surface area contributed by atoms with Crippen LogP contribution in [-0.2, 0) is 27.6 Å². The van der Waals surface area contributed by atoms with Crippen LogP contribution >= 0.6 is 0 Å². The molecule has 1 heterocycles. The van der Waals surface area contributed by atoms with Crippen LogP contribution < -0.4 is 5.10 Å². The molecule has 0 amide bonds. The summed E-state index contributed by atoms with van der Waals surface area (Å²) in [5.41, 5.74) is 0. The average Bonchev–Trinajstić information content (AvgIpc) is 2.19. The standard InChI is InChI=1S/C4H3N4.W/c1-5-2-4-6-3-7-8-4;/h3H,2H2;/q-1;. The molecule has 0 saturated heterocycles. The van der Waals surface area contributed by atoms with Gasteiger partial charge in [-0.3, -0.25) is 5.10 Å². The fourth-order valence-corrected chi connectivity index (χ4v) is 0.354. The molecule has 0 fully saturated rings. The molecule has 0 atom stereocenters. The van der Waals surface area contributed by atoms with Crippen LogP contribution in [0.3, 0.4) is 0 Å². The van der Waals surface area contributed by atoms with Crippen LogP contribution in [0.4, 0.5) is 0 Å². The van der Waals surface area contributed by atoms with Gasteiger partial charge in [-0.15, -0.1) is 0 Å². The third-order valence-corrected chi connectivity index (χ3v) is 0.652. The van der Waals surface area contributed by atoms with E-state index in [1.807, 2.05) is 0 Å². The molecule has 1 rings (SSSR count). The maximum Gasteiger partial charge on any atom is 0.233 e. The van der Waals surface area contributed by atoms with Crippen molar-refractivity contribution in [1.82, 2.24) is 15.2 Å². The van der Waals surface area contributed by atoms with Crippen LogP contribution in [0.5, 0.6) is 0 Å². The Morgan fingerprint density at radius 3 is 3.00 bits per heavy atom. The van der Waals surface area contributed by atoms with Gasteiger partial charge in [0, 0.05) is 33.2 Å². The summed E-state index contributed by atoms with van der Waals surface area (Å²) >= 11 is 0. The van der Waals surface area contributed by atoms with E-state index in [-0.39, 0.29) is 27.6 Å². The third kappa shape index (κ3) is 2.38. The molecule has 0 radical (unpaired) electrons.